The van der Waals surface area contributed by atoms with Gasteiger partial charge in [-0.1, -0.05) is 30.1 Å². The summed E-state index contributed by atoms with van der Waals surface area (Å²) in [5, 5.41) is 2.81. The molecule has 1 rings (SSSR count). The molecule has 0 aliphatic carbocycles. The van der Waals surface area contributed by atoms with Crippen molar-refractivity contribution in [2.75, 3.05) is 6.54 Å². The Balaban J connectivity index is 2.66. The van der Waals surface area contributed by atoms with Gasteiger partial charge in [-0.3, -0.25) is 9.59 Å². The van der Waals surface area contributed by atoms with Gasteiger partial charge in [-0.2, -0.15) is 0 Å². The average molecular weight is 261 g/mol. The summed E-state index contributed by atoms with van der Waals surface area (Å²) < 4.78 is 0. The summed E-state index contributed by atoms with van der Waals surface area (Å²) in [4.78, 5) is 26.2. The lowest BCUT2D eigenvalue weighted by molar-refractivity contribution is -0.117. The fraction of sp³-hybridized carbons (Fsp3) is 0.300. The van der Waals surface area contributed by atoms with Crippen LogP contribution in [0.15, 0.2) is 12.3 Å². The van der Waals surface area contributed by atoms with Crippen LogP contribution in [0.1, 0.15) is 23.7 Å². The molecule has 86 valence electrons. The van der Waals surface area contributed by atoms with Gasteiger partial charge in [0.05, 0.1) is 17.1 Å². The van der Waals surface area contributed by atoms with Gasteiger partial charge in [0, 0.05) is 12.6 Å². The van der Waals surface area contributed by atoms with Crippen molar-refractivity contribution in [2.24, 2.45) is 0 Å². The topological polar surface area (TPSA) is 59.1 Å². The molecule has 0 atom stereocenters. The molecular weight excluding hydrogens is 251 g/mol. The largest absolute Gasteiger partial charge is 0.345 e. The molecule has 1 aromatic rings. The fourth-order valence-electron chi connectivity index (χ4n) is 0.951. The van der Waals surface area contributed by atoms with Gasteiger partial charge in [-0.15, -0.1) is 0 Å². The quantitative estimate of drug-likeness (QED) is 0.844. The molecule has 0 aromatic carbocycles. The molecule has 0 fully saturated rings. The van der Waals surface area contributed by atoms with Crippen LogP contribution in [-0.4, -0.2) is 23.2 Å². The van der Waals surface area contributed by atoms with E-state index in [4.69, 9.17) is 23.2 Å². The van der Waals surface area contributed by atoms with Crippen molar-refractivity contribution in [2.45, 2.75) is 13.3 Å². The number of ketones is 1. The molecule has 16 heavy (non-hydrogen) atoms. The van der Waals surface area contributed by atoms with E-state index in [0.29, 0.717) is 6.42 Å². The molecule has 1 amide bonds. The number of carbonyl (C=O) groups is 2. The highest BCUT2D eigenvalue weighted by Crippen LogP contribution is 2.19. The highest BCUT2D eigenvalue weighted by atomic mass is 35.5. The Hall–Kier alpha value is -1.13. The minimum atomic E-state index is -0.395. The molecule has 1 N–H and O–H groups in total. The second kappa shape index (κ2) is 5.82. The number of nitrogens with one attached hydrogen (secondary N) is 1. The molecule has 0 spiro atoms. The second-order valence-electron chi connectivity index (χ2n) is 3.07. The van der Waals surface area contributed by atoms with Crippen molar-refractivity contribution in [3.05, 3.63) is 28.0 Å². The lowest BCUT2D eigenvalue weighted by Gasteiger charge is -2.04. The van der Waals surface area contributed by atoms with Gasteiger partial charge in [-0.25, -0.2) is 4.98 Å². The van der Waals surface area contributed by atoms with Crippen LogP contribution in [0.25, 0.3) is 0 Å². The number of hydrogen-bond acceptors (Lipinski definition) is 3. The third-order valence-electron chi connectivity index (χ3n) is 1.90. The van der Waals surface area contributed by atoms with Crippen LogP contribution in [0.4, 0.5) is 0 Å². The lowest BCUT2D eigenvalue weighted by Crippen LogP contribution is -2.29. The van der Waals surface area contributed by atoms with Crippen LogP contribution in [0.2, 0.25) is 10.2 Å². The van der Waals surface area contributed by atoms with E-state index in [1.807, 2.05) is 0 Å². The molecule has 0 bridgehead atoms. The Labute approximate surface area is 103 Å². The van der Waals surface area contributed by atoms with Gasteiger partial charge in [0.15, 0.2) is 5.78 Å². The molecule has 6 heteroatoms. The summed E-state index contributed by atoms with van der Waals surface area (Å²) in [6.07, 6.45) is 1.69. The van der Waals surface area contributed by atoms with Crippen LogP contribution >= 0.6 is 23.2 Å². The van der Waals surface area contributed by atoms with Crippen molar-refractivity contribution >= 4 is 34.9 Å². The smallest absolute Gasteiger partial charge is 0.253 e. The predicted molar refractivity (Wildman–Crippen MR) is 61.9 cm³/mol. The Morgan fingerprint density at radius 3 is 2.69 bits per heavy atom. The molecule has 1 heterocycles. The van der Waals surface area contributed by atoms with Crippen molar-refractivity contribution in [3.8, 4) is 0 Å². The minimum absolute atomic E-state index is 0.00950. The number of rotatable bonds is 4. The van der Waals surface area contributed by atoms with Crippen molar-refractivity contribution < 1.29 is 9.59 Å². The highest BCUT2D eigenvalue weighted by molar-refractivity contribution is 6.41. The first kappa shape index (κ1) is 12.9. The zero-order valence-electron chi connectivity index (χ0n) is 8.59. The Morgan fingerprint density at radius 2 is 2.12 bits per heavy atom. The number of hydrogen-bond donors (Lipinski definition) is 1. The number of amides is 1. The van der Waals surface area contributed by atoms with Gasteiger partial charge in [0.25, 0.3) is 5.91 Å². The highest BCUT2D eigenvalue weighted by Gasteiger charge is 2.09. The van der Waals surface area contributed by atoms with Crippen LogP contribution in [-0.2, 0) is 4.79 Å². The van der Waals surface area contributed by atoms with Crippen LogP contribution < -0.4 is 5.32 Å². The Morgan fingerprint density at radius 1 is 1.44 bits per heavy atom. The van der Waals surface area contributed by atoms with E-state index >= 15 is 0 Å². The van der Waals surface area contributed by atoms with Crippen LogP contribution in [0, 0.1) is 0 Å². The summed E-state index contributed by atoms with van der Waals surface area (Å²) in [6, 6.07) is 1.41. The second-order valence-corrected chi connectivity index (χ2v) is 3.84. The SMILES string of the molecule is CCC(=O)CNC(=O)c1cnc(Cl)c(Cl)c1. The first-order valence-electron chi connectivity index (χ1n) is 4.65. The van der Waals surface area contributed by atoms with E-state index in [2.05, 4.69) is 10.3 Å². The van der Waals surface area contributed by atoms with E-state index < -0.39 is 5.91 Å². The fourth-order valence-corrected chi connectivity index (χ4v) is 1.22. The van der Waals surface area contributed by atoms with E-state index in [-0.39, 0.29) is 28.1 Å². The van der Waals surface area contributed by atoms with Crippen molar-refractivity contribution in [3.63, 3.8) is 0 Å². The third-order valence-corrected chi connectivity index (χ3v) is 2.58. The van der Waals surface area contributed by atoms with E-state index in [1.165, 1.54) is 12.3 Å². The van der Waals surface area contributed by atoms with Gasteiger partial charge in [0.2, 0.25) is 0 Å². The molecule has 0 aliphatic rings. The standard InChI is InChI=1S/C10H10Cl2N2O2/c1-2-7(15)5-14-10(16)6-3-8(11)9(12)13-4-6/h3-4H,2,5H2,1H3,(H,14,16). The Kier molecular flexibility index (Phi) is 4.71. The van der Waals surface area contributed by atoms with Gasteiger partial charge < -0.3 is 5.32 Å². The molecule has 0 unspecified atom stereocenters. The lowest BCUT2D eigenvalue weighted by atomic mass is 10.2. The molecule has 1 aromatic heterocycles. The van der Waals surface area contributed by atoms with Gasteiger partial charge >= 0.3 is 0 Å². The van der Waals surface area contributed by atoms with Crippen LogP contribution in [0.5, 0.6) is 0 Å². The first-order valence-corrected chi connectivity index (χ1v) is 5.41. The molecule has 0 radical (unpaired) electrons. The van der Waals surface area contributed by atoms with E-state index in [9.17, 15) is 9.59 Å². The maximum absolute atomic E-state index is 11.5. The summed E-state index contributed by atoms with van der Waals surface area (Å²) in [6.45, 7) is 1.74. The number of Topliss-reactive ketones (excluding diaryl/α,β-unsaturated/α-hetero) is 1. The van der Waals surface area contributed by atoms with Gasteiger partial charge in [0.1, 0.15) is 5.15 Å². The maximum Gasteiger partial charge on any atom is 0.253 e. The summed E-state index contributed by atoms with van der Waals surface area (Å²) >= 11 is 11.3. The molecule has 4 nitrogen and oxygen atoms in total. The molecule has 0 aliphatic heterocycles. The minimum Gasteiger partial charge on any atom is -0.345 e. The Bertz CT molecular complexity index is 421. The normalized spacial score (nSPS) is 9.94. The zero-order valence-corrected chi connectivity index (χ0v) is 10.1. The van der Waals surface area contributed by atoms with Gasteiger partial charge in [-0.05, 0) is 6.07 Å². The number of halogens is 2. The number of nitrogens with zero attached hydrogens (tertiary/aromatic N) is 1. The monoisotopic (exact) mass is 260 g/mol. The summed E-state index contributed by atoms with van der Waals surface area (Å²) in [7, 11) is 0. The van der Waals surface area contributed by atoms with E-state index in [0.717, 1.165) is 0 Å². The number of carbonyl (C=O) groups excluding carboxylic acids is 2. The predicted octanol–water partition coefficient (Wildman–Crippen LogP) is 2.10. The summed E-state index contributed by atoms with van der Waals surface area (Å²) in [5.74, 6) is -0.436. The number of pyridine rings is 1. The van der Waals surface area contributed by atoms with Crippen LogP contribution in [0.3, 0.4) is 0 Å². The van der Waals surface area contributed by atoms with Crippen molar-refractivity contribution in [1.82, 2.24) is 10.3 Å². The molecule has 0 saturated heterocycles. The maximum atomic E-state index is 11.5. The van der Waals surface area contributed by atoms with Crippen molar-refractivity contribution in [1.29, 1.82) is 0 Å². The number of aromatic nitrogens is 1. The first-order chi connectivity index (χ1) is 7.54. The molecule has 0 saturated carbocycles. The average Bonchev–Trinajstić information content (AvgIpc) is 2.29. The molecular formula is C10H10Cl2N2O2. The van der Waals surface area contributed by atoms with E-state index in [1.54, 1.807) is 6.92 Å². The summed E-state index contributed by atoms with van der Waals surface area (Å²) in [5.41, 5.74) is 0.276. The zero-order chi connectivity index (χ0) is 12.1. The third kappa shape index (κ3) is 3.47.